The first-order valence-corrected chi connectivity index (χ1v) is 6.82. The molecule has 0 saturated heterocycles. The Morgan fingerprint density at radius 1 is 1.24 bits per heavy atom. The third kappa shape index (κ3) is 3.79. The zero-order valence-corrected chi connectivity index (χ0v) is 11.9. The molecule has 0 spiro atoms. The zero-order chi connectivity index (χ0) is 15.2. The molecule has 0 amide bonds. The molecule has 2 rings (SSSR count). The van der Waals surface area contributed by atoms with Gasteiger partial charge in [-0.05, 0) is 30.5 Å². The molecule has 0 aliphatic carbocycles. The number of nitrogens with zero attached hydrogens (tertiary/aromatic N) is 1. The fourth-order valence-electron chi connectivity index (χ4n) is 2.18. The van der Waals surface area contributed by atoms with E-state index in [4.69, 9.17) is 10.5 Å². The molecule has 0 aliphatic heterocycles. The Morgan fingerprint density at radius 3 is 2.57 bits per heavy atom. The second-order valence-electron chi connectivity index (χ2n) is 4.71. The minimum Gasteiger partial charge on any atom is -0.487 e. The van der Waals surface area contributed by atoms with Crippen molar-refractivity contribution in [1.82, 2.24) is 0 Å². The van der Waals surface area contributed by atoms with Gasteiger partial charge in [-0.1, -0.05) is 36.4 Å². The molecule has 0 aromatic heterocycles. The van der Waals surface area contributed by atoms with Gasteiger partial charge in [0.15, 0.2) is 5.75 Å². The first-order chi connectivity index (χ1) is 10.1. The minimum atomic E-state index is -0.439. The Morgan fingerprint density at radius 2 is 1.95 bits per heavy atom. The van der Waals surface area contributed by atoms with Crippen LogP contribution in [-0.4, -0.2) is 11.5 Å². The molecule has 1 unspecified atom stereocenters. The van der Waals surface area contributed by atoms with E-state index in [9.17, 15) is 10.1 Å². The Hall–Kier alpha value is -2.40. The van der Waals surface area contributed by atoms with Gasteiger partial charge >= 0.3 is 5.69 Å². The van der Waals surface area contributed by atoms with Gasteiger partial charge < -0.3 is 10.5 Å². The molecular formula is C16H18N2O3. The number of nitrogens with two attached hydrogens (primary N) is 1. The van der Waals surface area contributed by atoms with Gasteiger partial charge in [0.2, 0.25) is 0 Å². The van der Waals surface area contributed by atoms with Gasteiger partial charge in [0.05, 0.1) is 11.5 Å². The third-order valence-corrected chi connectivity index (χ3v) is 3.20. The van der Waals surface area contributed by atoms with Crippen molar-refractivity contribution in [3.8, 4) is 5.75 Å². The molecule has 0 bridgehead atoms. The smallest absolute Gasteiger partial charge is 0.310 e. The topological polar surface area (TPSA) is 78.4 Å². The van der Waals surface area contributed by atoms with Crippen LogP contribution in [0.2, 0.25) is 0 Å². The molecule has 2 aromatic carbocycles. The SMILES string of the molecule is CCOc1cc(CC(N)c2ccccc2)ccc1[N+](=O)[O-]. The fourth-order valence-corrected chi connectivity index (χ4v) is 2.18. The maximum absolute atomic E-state index is 11.0. The summed E-state index contributed by atoms with van der Waals surface area (Å²) in [7, 11) is 0. The van der Waals surface area contributed by atoms with Gasteiger partial charge in [0.25, 0.3) is 0 Å². The molecule has 5 heteroatoms. The molecular weight excluding hydrogens is 268 g/mol. The Kier molecular flexibility index (Phi) is 4.90. The van der Waals surface area contributed by atoms with Gasteiger partial charge in [0, 0.05) is 12.1 Å². The molecule has 5 nitrogen and oxygen atoms in total. The summed E-state index contributed by atoms with van der Waals surface area (Å²) in [4.78, 5) is 10.5. The van der Waals surface area contributed by atoms with Crippen LogP contribution in [0.4, 0.5) is 5.69 Å². The van der Waals surface area contributed by atoms with Crippen LogP contribution in [-0.2, 0) is 6.42 Å². The Bertz CT molecular complexity index is 614. The lowest BCUT2D eigenvalue weighted by atomic mass is 9.99. The van der Waals surface area contributed by atoms with E-state index in [-0.39, 0.29) is 11.7 Å². The second kappa shape index (κ2) is 6.85. The summed E-state index contributed by atoms with van der Waals surface area (Å²) in [5.74, 6) is 0.292. The summed E-state index contributed by atoms with van der Waals surface area (Å²) in [6.07, 6.45) is 0.599. The Balaban J connectivity index is 2.21. The zero-order valence-electron chi connectivity index (χ0n) is 11.9. The van der Waals surface area contributed by atoms with Crippen molar-refractivity contribution < 1.29 is 9.66 Å². The van der Waals surface area contributed by atoms with Crippen LogP contribution in [0, 0.1) is 10.1 Å². The van der Waals surface area contributed by atoms with Crippen LogP contribution in [0.5, 0.6) is 5.75 Å². The van der Waals surface area contributed by atoms with Crippen LogP contribution in [0.15, 0.2) is 48.5 Å². The first-order valence-electron chi connectivity index (χ1n) is 6.82. The summed E-state index contributed by atoms with van der Waals surface area (Å²) < 4.78 is 5.34. The number of rotatable bonds is 6. The van der Waals surface area contributed by atoms with Gasteiger partial charge in [-0.25, -0.2) is 0 Å². The predicted octanol–water partition coefficient (Wildman–Crippen LogP) is 3.24. The maximum Gasteiger partial charge on any atom is 0.310 e. The Labute approximate surface area is 123 Å². The van der Waals surface area contributed by atoms with E-state index in [0.717, 1.165) is 11.1 Å². The summed E-state index contributed by atoms with van der Waals surface area (Å²) in [6.45, 7) is 2.18. The highest BCUT2D eigenvalue weighted by Crippen LogP contribution is 2.29. The molecule has 0 aliphatic rings. The second-order valence-corrected chi connectivity index (χ2v) is 4.71. The van der Waals surface area contributed by atoms with Crippen LogP contribution in [0.25, 0.3) is 0 Å². The van der Waals surface area contributed by atoms with E-state index < -0.39 is 4.92 Å². The number of ether oxygens (including phenoxy) is 1. The van der Waals surface area contributed by atoms with Crippen molar-refractivity contribution in [3.05, 3.63) is 69.8 Å². The quantitative estimate of drug-likeness (QED) is 0.653. The van der Waals surface area contributed by atoms with Gasteiger partial charge in [-0.2, -0.15) is 0 Å². The lowest BCUT2D eigenvalue weighted by molar-refractivity contribution is -0.385. The molecule has 2 N–H and O–H groups in total. The molecule has 2 aromatic rings. The highest BCUT2D eigenvalue weighted by Gasteiger charge is 2.16. The summed E-state index contributed by atoms with van der Waals surface area (Å²) in [5.41, 5.74) is 8.11. The number of nitro groups is 1. The summed E-state index contributed by atoms with van der Waals surface area (Å²) >= 11 is 0. The molecule has 110 valence electrons. The van der Waals surface area contributed by atoms with Crippen LogP contribution >= 0.6 is 0 Å². The van der Waals surface area contributed by atoms with Crippen molar-refractivity contribution in [1.29, 1.82) is 0 Å². The van der Waals surface area contributed by atoms with Gasteiger partial charge in [-0.15, -0.1) is 0 Å². The van der Waals surface area contributed by atoms with Crippen LogP contribution < -0.4 is 10.5 Å². The summed E-state index contributed by atoms with van der Waals surface area (Å²) in [5, 5.41) is 11.0. The van der Waals surface area contributed by atoms with E-state index in [1.54, 1.807) is 19.1 Å². The molecule has 0 saturated carbocycles. The van der Waals surface area contributed by atoms with Crippen molar-refractivity contribution >= 4 is 5.69 Å². The lowest BCUT2D eigenvalue weighted by Gasteiger charge is -2.13. The largest absolute Gasteiger partial charge is 0.487 e. The van der Waals surface area contributed by atoms with E-state index in [1.165, 1.54) is 6.07 Å². The maximum atomic E-state index is 11.0. The normalized spacial score (nSPS) is 11.9. The highest BCUT2D eigenvalue weighted by molar-refractivity contribution is 5.48. The molecule has 0 radical (unpaired) electrons. The van der Waals surface area contributed by atoms with E-state index in [0.29, 0.717) is 18.8 Å². The van der Waals surface area contributed by atoms with E-state index >= 15 is 0 Å². The number of hydrogen-bond donors (Lipinski definition) is 1. The lowest BCUT2D eigenvalue weighted by Crippen LogP contribution is -2.13. The summed E-state index contributed by atoms with van der Waals surface area (Å²) in [6, 6.07) is 14.5. The molecule has 21 heavy (non-hydrogen) atoms. The van der Waals surface area contributed by atoms with Gasteiger partial charge in [0.1, 0.15) is 0 Å². The highest BCUT2D eigenvalue weighted by atomic mass is 16.6. The van der Waals surface area contributed by atoms with E-state index in [1.807, 2.05) is 30.3 Å². The standard InChI is InChI=1S/C16H18N2O3/c1-2-21-16-11-12(8-9-15(16)18(19)20)10-14(17)13-6-4-3-5-7-13/h3-9,11,14H,2,10,17H2,1H3. The molecule has 0 heterocycles. The van der Waals surface area contributed by atoms with Gasteiger partial charge in [-0.3, -0.25) is 10.1 Å². The predicted molar refractivity (Wildman–Crippen MR) is 81.3 cm³/mol. The van der Waals surface area contributed by atoms with Crippen LogP contribution in [0.3, 0.4) is 0 Å². The number of hydrogen-bond acceptors (Lipinski definition) is 4. The average molecular weight is 286 g/mol. The number of nitro benzene ring substituents is 1. The van der Waals surface area contributed by atoms with E-state index in [2.05, 4.69) is 0 Å². The van der Waals surface area contributed by atoms with Crippen molar-refractivity contribution in [3.63, 3.8) is 0 Å². The monoisotopic (exact) mass is 286 g/mol. The van der Waals surface area contributed by atoms with Crippen molar-refractivity contribution in [2.45, 2.75) is 19.4 Å². The van der Waals surface area contributed by atoms with Crippen molar-refractivity contribution in [2.75, 3.05) is 6.61 Å². The molecule has 0 fully saturated rings. The minimum absolute atomic E-state index is 0.0196. The van der Waals surface area contributed by atoms with Crippen molar-refractivity contribution in [2.24, 2.45) is 5.73 Å². The molecule has 1 atom stereocenters. The fraction of sp³-hybridized carbons (Fsp3) is 0.250. The number of benzene rings is 2. The first kappa shape index (κ1) is 15.0. The average Bonchev–Trinajstić information content (AvgIpc) is 2.48. The third-order valence-electron chi connectivity index (χ3n) is 3.20. The van der Waals surface area contributed by atoms with Crippen LogP contribution in [0.1, 0.15) is 24.1 Å².